The number of aromatic nitrogens is 4. The molecular weight excluding hydrogens is 385 g/mol. The molecule has 0 bridgehead atoms. The topological polar surface area (TPSA) is 67.6 Å². The van der Waals surface area contributed by atoms with Crippen LogP contribution >= 0.6 is 0 Å². The van der Waals surface area contributed by atoms with Crippen molar-refractivity contribution in [2.45, 2.75) is 25.1 Å². The molecule has 0 aromatic carbocycles. The Morgan fingerprint density at radius 1 is 1.10 bits per heavy atom. The maximum atomic E-state index is 13.2. The molecule has 2 aliphatic rings. The second kappa shape index (κ2) is 6.87. The number of hydrogen-bond acceptors (Lipinski definition) is 6. The van der Waals surface area contributed by atoms with Crippen molar-refractivity contribution >= 4 is 11.5 Å². The Morgan fingerprint density at radius 2 is 1.93 bits per heavy atom. The summed E-state index contributed by atoms with van der Waals surface area (Å²) < 4.78 is 46.9. The van der Waals surface area contributed by atoms with Crippen molar-refractivity contribution in [3.8, 4) is 5.88 Å². The van der Waals surface area contributed by atoms with Gasteiger partial charge in [0.05, 0.1) is 25.0 Å². The highest BCUT2D eigenvalue weighted by Crippen LogP contribution is 2.36. The van der Waals surface area contributed by atoms with Crippen LogP contribution in [0.15, 0.2) is 30.6 Å². The van der Waals surface area contributed by atoms with E-state index in [1.54, 1.807) is 6.20 Å². The summed E-state index contributed by atoms with van der Waals surface area (Å²) >= 11 is 0. The molecule has 0 saturated carbocycles. The predicted octanol–water partition coefficient (Wildman–Crippen LogP) is 2.10. The molecule has 1 fully saturated rings. The summed E-state index contributed by atoms with van der Waals surface area (Å²) in [6.07, 6.45) is -0.187. The first-order chi connectivity index (χ1) is 14.0. The Kier molecular flexibility index (Phi) is 4.30. The Labute approximate surface area is 164 Å². The van der Waals surface area contributed by atoms with E-state index in [4.69, 9.17) is 9.72 Å². The predicted molar refractivity (Wildman–Crippen MR) is 99.1 cm³/mol. The van der Waals surface area contributed by atoms with Crippen LogP contribution in [0.25, 0.3) is 5.65 Å². The molecule has 152 valence electrons. The number of nitrogens with zero attached hydrogens (tertiary/aromatic N) is 5. The van der Waals surface area contributed by atoms with Crippen molar-refractivity contribution in [2.24, 2.45) is 0 Å². The molecule has 10 heteroatoms. The Morgan fingerprint density at radius 3 is 2.76 bits per heavy atom. The third kappa shape index (κ3) is 3.27. The highest BCUT2D eigenvalue weighted by atomic mass is 19.4. The molecule has 0 aliphatic carbocycles. The van der Waals surface area contributed by atoms with E-state index in [2.05, 4.69) is 20.3 Å². The molecule has 1 saturated heterocycles. The lowest BCUT2D eigenvalue weighted by atomic mass is 10.1. The number of pyridine rings is 1. The lowest BCUT2D eigenvalue weighted by Gasteiger charge is -2.41. The molecule has 3 aromatic heterocycles. The fraction of sp³-hybridized carbons (Fsp3) is 0.421. The van der Waals surface area contributed by atoms with Crippen molar-refractivity contribution in [2.75, 3.05) is 31.1 Å². The van der Waals surface area contributed by atoms with Crippen molar-refractivity contribution < 1.29 is 17.9 Å². The summed E-state index contributed by atoms with van der Waals surface area (Å²) in [5.74, 6) is 0.585. The van der Waals surface area contributed by atoms with Gasteiger partial charge in [0.2, 0.25) is 5.88 Å². The van der Waals surface area contributed by atoms with E-state index in [0.717, 1.165) is 54.7 Å². The molecule has 5 heterocycles. The highest BCUT2D eigenvalue weighted by molar-refractivity contribution is 5.59. The number of fused-ring (bicyclic) bond motifs is 2. The van der Waals surface area contributed by atoms with E-state index in [1.165, 1.54) is 12.3 Å². The standard InChI is InChI=1S/C19H19F3N6O/c20-19(21,22)14-2-1-6-24-17(14)29-12-10-27(11-12)18-13-3-7-23-8-4-15(13)26-16-5-9-25-28(16)18/h1-2,5-6,9,12,23H,3-4,7-8,10-11H2. The number of rotatable bonds is 3. The van der Waals surface area contributed by atoms with Gasteiger partial charge in [-0.1, -0.05) is 0 Å². The number of ether oxygens (including phenoxy) is 1. The third-order valence-corrected chi connectivity index (χ3v) is 5.28. The zero-order valence-corrected chi connectivity index (χ0v) is 15.5. The fourth-order valence-corrected chi connectivity index (χ4v) is 3.88. The lowest BCUT2D eigenvalue weighted by molar-refractivity contribution is -0.139. The van der Waals surface area contributed by atoms with Crippen LogP contribution in [0.4, 0.5) is 19.0 Å². The summed E-state index contributed by atoms with van der Waals surface area (Å²) in [6.45, 7) is 2.65. The van der Waals surface area contributed by atoms with Crippen LogP contribution in [-0.2, 0) is 19.0 Å². The summed E-state index contributed by atoms with van der Waals surface area (Å²) in [4.78, 5) is 10.6. The van der Waals surface area contributed by atoms with Crippen LogP contribution in [0, 0.1) is 0 Å². The molecular formula is C19H19F3N6O. The van der Waals surface area contributed by atoms with E-state index in [9.17, 15) is 13.2 Å². The zero-order chi connectivity index (χ0) is 20.0. The number of alkyl halides is 3. The minimum atomic E-state index is -4.50. The van der Waals surface area contributed by atoms with Gasteiger partial charge in [0.25, 0.3) is 0 Å². The minimum Gasteiger partial charge on any atom is -0.470 e. The summed E-state index contributed by atoms with van der Waals surface area (Å²) in [7, 11) is 0. The van der Waals surface area contributed by atoms with Gasteiger partial charge in [0, 0.05) is 30.8 Å². The van der Waals surface area contributed by atoms with Crippen molar-refractivity contribution in [1.82, 2.24) is 24.9 Å². The largest absolute Gasteiger partial charge is 0.470 e. The van der Waals surface area contributed by atoms with Crippen molar-refractivity contribution in [3.63, 3.8) is 0 Å². The Bertz CT molecular complexity index is 1040. The van der Waals surface area contributed by atoms with E-state index in [1.807, 2.05) is 10.6 Å². The van der Waals surface area contributed by atoms with Crippen LogP contribution in [0.3, 0.4) is 0 Å². The van der Waals surface area contributed by atoms with Crippen LogP contribution in [0.5, 0.6) is 5.88 Å². The summed E-state index contributed by atoms with van der Waals surface area (Å²) in [5, 5.41) is 7.78. The van der Waals surface area contributed by atoms with Gasteiger partial charge in [-0.25, -0.2) is 9.97 Å². The first-order valence-corrected chi connectivity index (χ1v) is 9.51. The second-order valence-corrected chi connectivity index (χ2v) is 7.21. The van der Waals surface area contributed by atoms with Crippen LogP contribution in [-0.4, -0.2) is 51.9 Å². The van der Waals surface area contributed by atoms with Gasteiger partial charge in [-0.05, 0) is 25.1 Å². The zero-order valence-electron chi connectivity index (χ0n) is 15.5. The molecule has 29 heavy (non-hydrogen) atoms. The van der Waals surface area contributed by atoms with E-state index in [-0.39, 0.29) is 12.0 Å². The highest BCUT2D eigenvalue weighted by Gasteiger charge is 2.38. The van der Waals surface area contributed by atoms with E-state index in [0.29, 0.717) is 13.1 Å². The SMILES string of the molecule is FC(F)(F)c1cccnc1OC1CN(c2c3c(nc4ccnn24)CCNCC3)C1. The minimum absolute atomic E-state index is 0.369. The van der Waals surface area contributed by atoms with Crippen LogP contribution in [0.1, 0.15) is 16.8 Å². The van der Waals surface area contributed by atoms with E-state index >= 15 is 0 Å². The third-order valence-electron chi connectivity index (χ3n) is 5.28. The molecule has 5 rings (SSSR count). The molecule has 0 spiro atoms. The molecule has 7 nitrogen and oxygen atoms in total. The number of anilines is 1. The monoisotopic (exact) mass is 404 g/mol. The molecule has 2 aliphatic heterocycles. The number of halogens is 3. The average Bonchev–Trinajstić information content (AvgIpc) is 2.99. The fourth-order valence-electron chi connectivity index (χ4n) is 3.88. The molecule has 0 radical (unpaired) electrons. The first kappa shape index (κ1) is 18.2. The molecule has 1 N–H and O–H groups in total. The molecule has 0 amide bonds. The Balaban J connectivity index is 1.40. The lowest BCUT2D eigenvalue weighted by Crippen LogP contribution is -2.55. The number of hydrogen-bond donors (Lipinski definition) is 1. The smallest absolute Gasteiger partial charge is 0.421 e. The van der Waals surface area contributed by atoms with Gasteiger partial charge in [-0.15, -0.1) is 0 Å². The number of nitrogens with one attached hydrogen (secondary N) is 1. The van der Waals surface area contributed by atoms with Crippen molar-refractivity contribution in [3.05, 3.63) is 47.4 Å². The summed E-state index contributed by atoms with van der Waals surface area (Å²) in [6, 6.07) is 4.11. The maximum absolute atomic E-state index is 13.2. The van der Waals surface area contributed by atoms with Gasteiger partial charge in [0.15, 0.2) is 5.65 Å². The van der Waals surface area contributed by atoms with Crippen LogP contribution < -0.4 is 15.0 Å². The maximum Gasteiger partial charge on any atom is 0.421 e. The normalized spacial score (nSPS) is 17.7. The van der Waals surface area contributed by atoms with Crippen molar-refractivity contribution in [1.29, 1.82) is 0 Å². The van der Waals surface area contributed by atoms with E-state index < -0.39 is 11.7 Å². The van der Waals surface area contributed by atoms with Gasteiger partial charge < -0.3 is 15.0 Å². The van der Waals surface area contributed by atoms with Gasteiger partial charge in [-0.3, -0.25) is 0 Å². The molecule has 3 aromatic rings. The molecule has 0 unspecified atom stereocenters. The average molecular weight is 404 g/mol. The van der Waals surface area contributed by atoms with Gasteiger partial charge in [-0.2, -0.15) is 22.8 Å². The Hall–Kier alpha value is -2.88. The van der Waals surface area contributed by atoms with Gasteiger partial charge in [0.1, 0.15) is 17.5 Å². The quantitative estimate of drug-likeness (QED) is 0.721. The summed E-state index contributed by atoms with van der Waals surface area (Å²) in [5.41, 5.74) is 2.11. The molecule has 0 atom stereocenters. The van der Waals surface area contributed by atoms with Gasteiger partial charge >= 0.3 is 6.18 Å². The second-order valence-electron chi connectivity index (χ2n) is 7.21. The van der Waals surface area contributed by atoms with Crippen LogP contribution in [0.2, 0.25) is 0 Å². The first-order valence-electron chi connectivity index (χ1n) is 9.51.